The van der Waals surface area contributed by atoms with Gasteiger partial charge in [-0.25, -0.2) is 4.39 Å². The van der Waals surface area contributed by atoms with Gasteiger partial charge in [0.2, 0.25) is 0 Å². The van der Waals surface area contributed by atoms with Crippen LogP contribution in [0.15, 0.2) is 72.8 Å². The van der Waals surface area contributed by atoms with E-state index in [0.717, 1.165) is 17.2 Å². The number of benzene rings is 3. The molecule has 0 aliphatic heterocycles. The van der Waals surface area contributed by atoms with E-state index in [1.54, 1.807) is 12.1 Å². The lowest BCUT2D eigenvalue weighted by Crippen LogP contribution is -2.33. The number of hydrogen-bond donors (Lipinski definition) is 3. The summed E-state index contributed by atoms with van der Waals surface area (Å²) in [5.74, 6) is -0.650. The smallest absolute Gasteiger partial charge is 0.149 e. The van der Waals surface area contributed by atoms with Gasteiger partial charge < -0.3 is 15.5 Å². The lowest BCUT2D eigenvalue weighted by molar-refractivity contribution is 0.185. The van der Waals surface area contributed by atoms with Gasteiger partial charge in [0, 0.05) is 30.7 Å². The molecule has 152 valence electrons. The topological polar surface area (TPSA) is 55.7 Å². The third-order valence-corrected chi connectivity index (χ3v) is 4.91. The van der Waals surface area contributed by atoms with E-state index >= 15 is 0 Å². The number of hydrogen-bond acceptors (Lipinski definition) is 4. The van der Waals surface area contributed by atoms with Gasteiger partial charge in [0.25, 0.3) is 0 Å². The third-order valence-electron chi connectivity index (χ3n) is 4.66. The molecular formula is C23H24ClFN2O2. The molecule has 1 atom stereocenters. The van der Waals surface area contributed by atoms with Gasteiger partial charge in [-0.05, 0) is 35.4 Å². The van der Waals surface area contributed by atoms with Crippen LogP contribution in [0.5, 0.6) is 5.75 Å². The molecule has 0 spiro atoms. The average molecular weight is 415 g/mol. The van der Waals surface area contributed by atoms with Crippen LogP contribution < -0.4 is 5.32 Å². The summed E-state index contributed by atoms with van der Waals surface area (Å²) in [6.07, 6.45) is 0. The molecule has 4 nitrogen and oxygen atoms in total. The standard InChI is InChI=1S/C23H24ClFN2O2/c24-19-8-6-18(7-9-19)23(26-22-11-10-20(29)14-21(22)25)16-27(12-13-28)15-17-4-2-1-3-5-17/h1-11,14,23,26,28-29H,12-13,15-16H2. The van der Waals surface area contributed by atoms with Gasteiger partial charge in [-0.1, -0.05) is 54.1 Å². The minimum absolute atomic E-state index is 0.0216. The monoisotopic (exact) mass is 414 g/mol. The molecule has 3 aromatic rings. The molecule has 6 heteroatoms. The van der Waals surface area contributed by atoms with Crippen molar-refractivity contribution in [2.24, 2.45) is 0 Å². The summed E-state index contributed by atoms with van der Waals surface area (Å²) in [7, 11) is 0. The Labute approximate surface area is 175 Å². The first-order chi connectivity index (χ1) is 14.0. The van der Waals surface area contributed by atoms with Crippen molar-refractivity contribution >= 4 is 17.3 Å². The Morgan fingerprint density at radius 2 is 1.72 bits per heavy atom. The van der Waals surface area contributed by atoms with Gasteiger partial charge in [0.1, 0.15) is 11.6 Å². The molecular weight excluding hydrogens is 391 g/mol. The van der Waals surface area contributed by atoms with Crippen molar-refractivity contribution < 1.29 is 14.6 Å². The third kappa shape index (κ3) is 6.19. The molecule has 0 amide bonds. The zero-order valence-electron chi connectivity index (χ0n) is 15.9. The van der Waals surface area contributed by atoms with E-state index in [2.05, 4.69) is 10.2 Å². The van der Waals surface area contributed by atoms with Crippen LogP contribution in [-0.4, -0.2) is 34.8 Å². The maximum atomic E-state index is 14.3. The number of aliphatic hydroxyl groups is 1. The highest BCUT2D eigenvalue weighted by molar-refractivity contribution is 6.30. The predicted octanol–water partition coefficient (Wildman–Crippen LogP) is 4.83. The molecule has 3 N–H and O–H groups in total. The van der Waals surface area contributed by atoms with Crippen LogP contribution in [-0.2, 0) is 6.54 Å². The molecule has 0 aromatic heterocycles. The first kappa shape index (κ1) is 21.1. The SMILES string of the molecule is OCCN(Cc1ccccc1)CC(Nc1ccc(O)cc1F)c1ccc(Cl)cc1. The summed E-state index contributed by atoms with van der Waals surface area (Å²) in [6, 6.07) is 21.2. The minimum atomic E-state index is -0.527. The lowest BCUT2D eigenvalue weighted by Gasteiger charge is -2.29. The highest BCUT2D eigenvalue weighted by Crippen LogP contribution is 2.26. The summed E-state index contributed by atoms with van der Waals surface area (Å²) in [5, 5.41) is 22.9. The van der Waals surface area contributed by atoms with Crippen molar-refractivity contribution in [1.82, 2.24) is 4.90 Å². The Morgan fingerprint density at radius 3 is 2.38 bits per heavy atom. The normalized spacial score (nSPS) is 12.1. The molecule has 0 fully saturated rings. The molecule has 1 unspecified atom stereocenters. The van der Waals surface area contributed by atoms with Gasteiger partial charge in [-0.15, -0.1) is 0 Å². The number of phenols is 1. The van der Waals surface area contributed by atoms with Gasteiger partial charge in [0.15, 0.2) is 0 Å². The summed E-state index contributed by atoms with van der Waals surface area (Å²) in [4.78, 5) is 2.11. The largest absolute Gasteiger partial charge is 0.508 e. The van der Waals surface area contributed by atoms with Crippen LogP contribution in [0, 0.1) is 5.82 Å². The van der Waals surface area contributed by atoms with Crippen molar-refractivity contribution in [2.75, 3.05) is 25.0 Å². The van der Waals surface area contributed by atoms with Crippen LogP contribution in [0.1, 0.15) is 17.2 Å². The van der Waals surface area contributed by atoms with Crippen molar-refractivity contribution in [1.29, 1.82) is 0 Å². The molecule has 0 saturated heterocycles. The number of aromatic hydroxyl groups is 1. The molecule has 3 aromatic carbocycles. The summed E-state index contributed by atoms with van der Waals surface area (Å²) in [6.45, 7) is 1.70. The number of anilines is 1. The molecule has 0 aliphatic rings. The van der Waals surface area contributed by atoms with Crippen molar-refractivity contribution in [2.45, 2.75) is 12.6 Å². The number of phenolic OH excluding ortho intramolecular Hbond substituents is 1. The Bertz CT molecular complexity index is 907. The summed E-state index contributed by atoms with van der Waals surface area (Å²) in [5.41, 5.74) is 2.37. The van der Waals surface area contributed by atoms with Crippen LogP contribution in [0.25, 0.3) is 0 Å². The van der Waals surface area contributed by atoms with Crippen LogP contribution in [0.3, 0.4) is 0 Å². The fourth-order valence-corrected chi connectivity index (χ4v) is 3.34. The first-order valence-electron chi connectivity index (χ1n) is 9.43. The van der Waals surface area contributed by atoms with Crippen molar-refractivity contribution in [3.63, 3.8) is 0 Å². The average Bonchev–Trinajstić information content (AvgIpc) is 2.71. The Morgan fingerprint density at radius 1 is 1.00 bits per heavy atom. The fourth-order valence-electron chi connectivity index (χ4n) is 3.21. The highest BCUT2D eigenvalue weighted by Gasteiger charge is 2.18. The van der Waals surface area contributed by atoms with E-state index < -0.39 is 5.82 Å². The second-order valence-electron chi connectivity index (χ2n) is 6.86. The zero-order chi connectivity index (χ0) is 20.6. The van der Waals surface area contributed by atoms with E-state index in [0.29, 0.717) is 30.3 Å². The maximum absolute atomic E-state index is 14.3. The zero-order valence-corrected chi connectivity index (χ0v) is 16.7. The molecule has 0 heterocycles. The lowest BCUT2D eigenvalue weighted by atomic mass is 10.0. The molecule has 0 radical (unpaired) electrons. The van der Waals surface area contributed by atoms with E-state index in [9.17, 15) is 14.6 Å². The van der Waals surface area contributed by atoms with E-state index in [4.69, 9.17) is 11.6 Å². The first-order valence-corrected chi connectivity index (χ1v) is 9.80. The highest BCUT2D eigenvalue weighted by atomic mass is 35.5. The predicted molar refractivity (Wildman–Crippen MR) is 115 cm³/mol. The number of nitrogens with one attached hydrogen (secondary N) is 1. The van der Waals surface area contributed by atoms with Gasteiger partial charge in [-0.3, -0.25) is 4.90 Å². The van der Waals surface area contributed by atoms with Crippen LogP contribution >= 0.6 is 11.6 Å². The van der Waals surface area contributed by atoms with Gasteiger partial charge in [-0.2, -0.15) is 0 Å². The summed E-state index contributed by atoms with van der Waals surface area (Å²) >= 11 is 6.03. The van der Waals surface area contributed by atoms with Crippen molar-refractivity contribution in [3.8, 4) is 5.75 Å². The Kier molecular flexibility index (Phi) is 7.47. The second-order valence-corrected chi connectivity index (χ2v) is 7.29. The summed E-state index contributed by atoms with van der Waals surface area (Å²) < 4.78 is 14.3. The number of rotatable bonds is 9. The fraction of sp³-hybridized carbons (Fsp3) is 0.217. The van der Waals surface area contributed by atoms with E-state index in [1.165, 1.54) is 12.1 Å². The molecule has 0 aliphatic carbocycles. The Hall–Kier alpha value is -2.60. The van der Waals surface area contributed by atoms with Crippen LogP contribution in [0.4, 0.5) is 10.1 Å². The number of aliphatic hydroxyl groups excluding tert-OH is 1. The second kappa shape index (κ2) is 10.3. The van der Waals surface area contributed by atoms with Crippen molar-refractivity contribution in [3.05, 3.63) is 94.8 Å². The number of halogens is 2. The van der Waals surface area contributed by atoms with Crippen LogP contribution in [0.2, 0.25) is 5.02 Å². The van der Waals surface area contributed by atoms with E-state index in [1.807, 2.05) is 42.5 Å². The molecule has 0 saturated carbocycles. The Balaban J connectivity index is 1.85. The van der Waals surface area contributed by atoms with Gasteiger partial charge >= 0.3 is 0 Å². The molecule has 29 heavy (non-hydrogen) atoms. The quantitative estimate of drug-likeness (QED) is 0.439. The van der Waals surface area contributed by atoms with E-state index in [-0.39, 0.29) is 18.4 Å². The molecule has 0 bridgehead atoms. The van der Waals surface area contributed by atoms with Gasteiger partial charge in [0.05, 0.1) is 18.3 Å². The molecule has 3 rings (SSSR count). The minimum Gasteiger partial charge on any atom is -0.508 e. The number of nitrogens with zero attached hydrogens (tertiary/aromatic N) is 1. The maximum Gasteiger partial charge on any atom is 0.149 e.